The molecule has 5 nitrogen and oxygen atoms in total. The van der Waals surface area contributed by atoms with E-state index in [0.717, 1.165) is 29.7 Å². The van der Waals surface area contributed by atoms with E-state index in [4.69, 9.17) is 0 Å². The molecule has 2 aliphatic rings. The summed E-state index contributed by atoms with van der Waals surface area (Å²) in [6.45, 7) is 3.69. The SMILES string of the molecule is Cc1cc(C)cc(N(CC(=O)N[C@H]2C[C@@H]3CC[C@@H]2C3)S(C)(=O)=O)c1. The molecule has 3 atom stereocenters. The third kappa shape index (κ3) is 3.74. The van der Waals surface area contributed by atoms with Gasteiger partial charge in [-0.3, -0.25) is 9.10 Å². The maximum Gasteiger partial charge on any atom is 0.241 e. The zero-order valence-corrected chi connectivity index (χ0v) is 15.4. The first-order valence-corrected chi connectivity index (χ1v) is 10.4. The number of benzene rings is 1. The van der Waals surface area contributed by atoms with Gasteiger partial charge in [-0.1, -0.05) is 12.5 Å². The highest BCUT2D eigenvalue weighted by Crippen LogP contribution is 2.44. The predicted octanol–water partition coefficient (Wildman–Crippen LogP) is 2.37. The number of nitrogens with one attached hydrogen (secondary N) is 1. The predicted molar refractivity (Wildman–Crippen MR) is 95.5 cm³/mol. The fraction of sp³-hybridized carbons (Fsp3) is 0.611. The number of anilines is 1. The lowest BCUT2D eigenvalue weighted by molar-refractivity contribution is -0.120. The van der Waals surface area contributed by atoms with Crippen LogP contribution in [0.3, 0.4) is 0 Å². The summed E-state index contributed by atoms with van der Waals surface area (Å²) in [7, 11) is -3.52. The summed E-state index contributed by atoms with van der Waals surface area (Å²) in [5.74, 6) is 1.11. The summed E-state index contributed by atoms with van der Waals surface area (Å²) in [5, 5.41) is 3.07. The number of rotatable bonds is 5. The maximum atomic E-state index is 12.5. The molecule has 132 valence electrons. The van der Waals surface area contributed by atoms with Crippen molar-refractivity contribution < 1.29 is 13.2 Å². The van der Waals surface area contributed by atoms with Crippen LogP contribution in [0.15, 0.2) is 18.2 Å². The average Bonchev–Trinajstić information content (AvgIpc) is 3.04. The van der Waals surface area contributed by atoms with Gasteiger partial charge in [-0.05, 0) is 68.2 Å². The second-order valence-corrected chi connectivity index (χ2v) is 9.37. The number of hydrogen-bond acceptors (Lipinski definition) is 3. The summed E-state index contributed by atoms with van der Waals surface area (Å²) in [4.78, 5) is 12.5. The van der Waals surface area contributed by atoms with Crippen LogP contribution in [0.5, 0.6) is 0 Å². The molecule has 3 rings (SSSR count). The summed E-state index contributed by atoms with van der Waals surface area (Å²) in [5.41, 5.74) is 2.51. The lowest BCUT2D eigenvalue weighted by Crippen LogP contribution is -2.45. The third-order valence-electron chi connectivity index (χ3n) is 5.27. The molecule has 24 heavy (non-hydrogen) atoms. The van der Waals surface area contributed by atoms with Gasteiger partial charge in [0.2, 0.25) is 15.9 Å². The smallest absolute Gasteiger partial charge is 0.241 e. The van der Waals surface area contributed by atoms with Crippen LogP contribution < -0.4 is 9.62 Å². The van der Waals surface area contributed by atoms with Gasteiger partial charge < -0.3 is 5.32 Å². The van der Waals surface area contributed by atoms with Crippen molar-refractivity contribution in [1.82, 2.24) is 5.32 Å². The van der Waals surface area contributed by atoms with Crippen molar-refractivity contribution in [2.75, 3.05) is 17.1 Å². The first kappa shape index (κ1) is 17.3. The van der Waals surface area contributed by atoms with E-state index in [0.29, 0.717) is 11.6 Å². The fourth-order valence-electron chi connectivity index (χ4n) is 4.30. The maximum absolute atomic E-state index is 12.5. The zero-order valence-electron chi connectivity index (χ0n) is 14.6. The van der Waals surface area contributed by atoms with Gasteiger partial charge in [-0.2, -0.15) is 0 Å². The van der Waals surface area contributed by atoms with E-state index >= 15 is 0 Å². The fourth-order valence-corrected chi connectivity index (χ4v) is 5.14. The third-order valence-corrected chi connectivity index (χ3v) is 6.41. The molecule has 2 saturated carbocycles. The zero-order chi connectivity index (χ0) is 17.5. The molecule has 0 spiro atoms. The van der Waals surface area contributed by atoms with Crippen LogP contribution in [0.25, 0.3) is 0 Å². The first-order chi connectivity index (χ1) is 11.2. The topological polar surface area (TPSA) is 66.5 Å². The monoisotopic (exact) mass is 350 g/mol. The molecule has 0 unspecified atom stereocenters. The molecule has 2 aliphatic carbocycles. The Morgan fingerprint density at radius 3 is 2.33 bits per heavy atom. The number of hydrogen-bond donors (Lipinski definition) is 1. The lowest BCUT2D eigenvalue weighted by Gasteiger charge is -2.26. The number of fused-ring (bicyclic) bond motifs is 2. The Kier molecular flexibility index (Phi) is 4.60. The molecule has 0 saturated heterocycles. The first-order valence-electron chi connectivity index (χ1n) is 8.58. The van der Waals surface area contributed by atoms with Crippen molar-refractivity contribution in [3.8, 4) is 0 Å². The molecule has 1 aromatic rings. The van der Waals surface area contributed by atoms with E-state index in [9.17, 15) is 13.2 Å². The van der Waals surface area contributed by atoms with Crippen LogP contribution in [-0.2, 0) is 14.8 Å². The molecule has 0 aromatic heterocycles. The summed E-state index contributed by atoms with van der Waals surface area (Å²) >= 11 is 0. The van der Waals surface area contributed by atoms with Crippen LogP contribution in [-0.4, -0.2) is 33.2 Å². The Morgan fingerprint density at radius 2 is 1.83 bits per heavy atom. The minimum absolute atomic E-state index is 0.157. The quantitative estimate of drug-likeness (QED) is 0.886. The Morgan fingerprint density at radius 1 is 1.17 bits per heavy atom. The van der Waals surface area contributed by atoms with Crippen LogP contribution in [0.1, 0.15) is 36.8 Å². The van der Waals surface area contributed by atoms with Crippen LogP contribution >= 0.6 is 0 Å². The Bertz CT molecular complexity index is 724. The highest BCUT2D eigenvalue weighted by Gasteiger charge is 2.40. The second kappa shape index (κ2) is 6.39. The van der Waals surface area contributed by atoms with Crippen LogP contribution in [0.2, 0.25) is 0 Å². The van der Waals surface area contributed by atoms with Crippen molar-refractivity contribution in [2.24, 2.45) is 11.8 Å². The number of nitrogens with zero attached hydrogens (tertiary/aromatic N) is 1. The Labute approximate surface area is 144 Å². The highest BCUT2D eigenvalue weighted by atomic mass is 32.2. The molecule has 1 N–H and O–H groups in total. The van der Waals surface area contributed by atoms with E-state index < -0.39 is 10.0 Å². The van der Waals surface area contributed by atoms with Gasteiger partial charge in [0.05, 0.1) is 11.9 Å². The van der Waals surface area contributed by atoms with Gasteiger partial charge in [-0.25, -0.2) is 8.42 Å². The molecule has 1 amide bonds. The molecule has 0 aliphatic heterocycles. The van der Waals surface area contributed by atoms with Crippen molar-refractivity contribution in [1.29, 1.82) is 0 Å². The molecule has 0 heterocycles. The van der Waals surface area contributed by atoms with Gasteiger partial charge in [0.15, 0.2) is 0 Å². The van der Waals surface area contributed by atoms with E-state index in [1.165, 1.54) is 23.6 Å². The normalized spacial score (nSPS) is 25.7. The largest absolute Gasteiger partial charge is 0.352 e. The summed E-state index contributed by atoms with van der Waals surface area (Å²) in [6.07, 6.45) is 5.85. The number of carbonyl (C=O) groups is 1. The summed E-state index contributed by atoms with van der Waals surface area (Å²) in [6, 6.07) is 5.81. The minimum Gasteiger partial charge on any atom is -0.352 e. The molecule has 0 radical (unpaired) electrons. The highest BCUT2D eigenvalue weighted by molar-refractivity contribution is 7.92. The van der Waals surface area contributed by atoms with Gasteiger partial charge in [-0.15, -0.1) is 0 Å². The molecular formula is C18H26N2O3S. The molecule has 2 bridgehead atoms. The number of aryl methyl sites for hydroxylation is 2. The van der Waals surface area contributed by atoms with E-state index in [1.807, 2.05) is 19.9 Å². The molecule has 6 heteroatoms. The summed E-state index contributed by atoms with van der Waals surface area (Å²) < 4.78 is 25.6. The van der Waals surface area contributed by atoms with Gasteiger partial charge >= 0.3 is 0 Å². The van der Waals surface area contributed by atoms with Crippen LogP contribution in [0, 0.1) is 25.7 Å². The lowest BCUT2D eigenvalue weighted by atomic mass is 9.95. The van der Waals surface area contributed by atoms with Gasteiger partial charge in [0, 0.05) is 6.04 Å². The van der Waals surface area contributed by atoms with Crippen molar-refractivity contribution in [3.63, 3.8) is 0 Å². The van der Waals surface area contributed by atoms with Gasteiger partial charge in [0.1, 0.15) is 6.54 Å². The Balaban J connectivity index is 1.74. The van der Waals surface area contributed by atoms with E-state index in [2.05, 4.69) is 5.32 Å². The van der Waals surface area contributed by atoms with Crippen molar-refractivity contribution in [3.05, 3.63) is 29.3 Å². The minimum atomic E-state index is -3.52. The van der Waals surface area contributed by atoms with E-state index in [-0.39, 0.29) is 18.5 Å². The van der Waals surface area contributed by atoms with E-state index in [1.54, 1.807) is 12.1 Å². The number of amides is 1. The molecular weight excluding hydrogens is 324 g/mol. The van der Waals surface area contributed by atoms with Crippen molar-refractivity contribution >= 4 is 21.6 Å². The molecule has 1 aromatic carbocycles. The number of carbonyl (C=O) groups excluding carboxylic acids is 1. The standard InChI is InChI=1S/C18H26N2O3S/c1-12-6-13(2)8-16(7-12)20(24(3,22)23)11-18(21)19-17-10-14-4-5-15(17)9-14/h6-8,14-15,17H,4-5,9-11H2,1-3H3,(H,19,21)/t14-,15-,17+/m1/s1. The second-order valence-electron chi connectivity index (χ2n) is 7.46. The number of sulfonamides is 1. The Hall–Kier alpha value is -1.56. The van der Waals surface area contributed by atoms with Crippen molar-refractivity contribution in [2.45, 2.75) is 45.6 Å². The van der Waals surface area contributed by atoms with Gasteiger partial charge in [0.25, 0.3) is 0 Å². The van der Waals surface area contributed by atoms with Crippen LogP contribution in [0.4, 0.5) is 5.69 Å². The average molecular weight is 350 g/mol. The molecule has 2 fully saturated rings.